The molecule has 0 bridgehead atoms. The van der Waals surface area contributed by atoms with Crippen LogP contribution in [0.1, 0.15) is 105 Å². The van der Waals surface area contributed by atoms with E-state index in [1.54, 1.807) is 55.2 Å². The van der Waals surface area contributed by atoms with Gasteiger partial charge in [-0.1, -0.05) is 34.9 Å². The lowest BCUT2D eigenvalue weighted by Gasteiger charge is -2.35. The fourth-order valence-electron chi connectivity index (χ4n) is 10.1. The van der Waals surface area contributed by atoms with E-state index in [9.17, 15) is 36.8 Å². The van der Waals surface area contributed by atoms with Gasteiger partial charge in [0.15, 0.2) is 11.3 Å². The molecule has 2 amide bonds. The molecule has 6 atom stereocenters. The van der Waals surface area contributed by atoms with Crippen molar-refractivity contribution in [3.63, 3.8) is 0 Å². The summed E-state index contributed by atoms with van der Waals surface area (Å²) in [6.07, 6.45) is 9.77. The van der Waals surface area contributed by atoms with Crippen LogP contribution < -0.4 is 19.7 Å². The van der Waals surface area contributed by atoms with E-state index in [1.165, 1.54) is 0 Å². The molecule has 6 aromatic rings. The minimum atomic E-state index is -3.57. The molecule has 0 spiro atoms. The number of likely N-dealkylation sites (tertiary alicyclic amines) is 2. The number of aromatic nitrogens is 6. The van der Waals surface area contributed by atoms with Crippen molar-refractivity contribution in [3.8, 4) is 12.1 Å². The summed E-state index contributed by atoms with van der Waals surface area (Å²) in [4.78, 5) is 50.4. The summed E-state index contributed by atoms with van der Waals surface area (Å²) >= 11 is 6.15. The Balaban J connectivity index is 0.000000197. The number of carboxylic acid groups (broad SMARTS) is 1. The molecule has 4 saturated heterocycles. The van der Waals surface area contributed by atoms with Crippen molar-refractivity contribution in [1.29, 1.82) is 10.5 Å². The minimum absolute atomic E-state index is 0.185. The maximum atomic E-state index is 13.8. The van der Waals surface area contributed by atoms with Crippen molar-refractivity contribution in [1.82, 2.24) is 44.3 Å². The number of nitrogens with one attached hydrogen (secondary N) is 3. The van der Waals surface area contributed by atoms with Crippen LogP contribution in [0, 0.1) is 62.2 Å². The van der Waals surface area contributed by atoms with Crippen molar-refractivity contribution in [2.24, 2.45) is 11.8 Å². The molecule has 27 heteroatoms. The predicted octanol–water partition coefficient (Wildman–Crippen LogP) is 4.94. The Morgan fingerprint density at radius 3 is 1.60 bits per heavy atom. The van der Waals surface area contributed by atoms with Gasteiger partial charge in [-0.05, 0) is 90.5 Å². The number of aliphatic hydroxyl groups is 2. The molecule has 2 aromatic carbocycles. The van der Waals surface area contributed by atoms with Gasteiger partial charge >= 0.3 is 0 Å². The molecule has 10 rings (SSSR count). The summed E-state index contributed by atoms with van der Waals surface area (Å²) in [5.74, 6) is -0.416. The third kappa shape index (κ3) is 14.7. The Hall–Kier alpha value is -7.46. The number of sulfonamides is 2. The lowest BCUT2D eigenvalue weighted by atomic mass is 9.97. The standard InChI is InChI=1S/C26H31N7O4S.C21H24ClN5O3S.C5H8N2O.CH2O2/c1-16-7-8-20(30-38(3,36)37)19(10-16)26(35)32-9-5-4-6-22(32)21-11-24-28-25(17(2)13-33(24)29-21)31-14-18(12-27)23(34)15-31;1-13-7-8-16(25-31(3,29)30)15(10-13)21(28)26-9-5-4-6-18(26)17-11-19-23-20(22)14(2)12-27(19)24-17;6-1-4-2-7-3-5(4)8;2-1-3/h7-8,10-11,13,18,22-23,30,34H,4-6,9,14-15H2,1-3H3;7-8,10-12,18,25H,4-6,9H2,1-3H3;4-5,7-8H,2-3H2;1H,(H,2,3)/t18-,22?,23-;;4-,5+;/m1.1./s1. The van der Waals surface area contributed by atoms with E-state index in [0.29, 0.717) is 78.4 Å². The van der Waals surface area contributed by atoms with Gasteiger partial charge in [0.25, 0.3) is 18.3 Å². The van der Waals surface area contributed by atoms with E-state index in [2.05, 4.69) is 30.9 Å². The Bertz CT molecular complexity index is 3540. The number of amides is 2. The van der Waals surface area contributed by atoms with Crippen molar-refractivity contribution in [3.05, 3.63) is 111 Å². The van der Waals surface area contributed by atoms with Gasteiger partial charge < -0.3 is 35.3 Å². The fourth-order valence-corrected chi connectivity index (χ4v) is 11.4. The van der Waals surface area contributed by atoms with Crippen LogP contribution in [0.4, 0.5) is 17.2 Å². The predicted molar refractivity (Wildman–Crippen MR) is 299 cm³/mol. The van der Waals surface area contributed by atoms with Gasteiger partial charge in [-0.25, -0.2) is 35.8 Å². The number of halogens is 1. The zero-order valence-corrected chi connectivity index (χ0v) is 47.5. The Labute approximate surface area is 469 Å². The Morgan fingerprint density at radius 1 is 0.700 bits per heavy atom. The molecule has 0 aliphatic carbocycles. The largest absolute Gasteiger partial charge is 0.483 e. The molecule has 0 radical (unpaired) electrons. The van der Waals surface area contributed by atoms with Gasteiger partial charge in [-0.3, -0.25) is 23.8 Å². The van der Waals surface area contributed by atoms with Crippen molar-refractivity contribution < 1.29 is 46.5 Å². The minimum Gasteiger partial charge on any atom is -0.483 e. The molecule has 426 valence electrons. The number of hydrogen-bond acceptors (Lipinski definition) is 17. The second kappa shape index (κ2) is 25.8. The second-order valence-electron chi connectivity index (χ2n) is 20.3. The van der Waals surface area contributed by atoms with Gasteiger partial charge in [-0.2, -0.15) is 20.7 Å². The Kier molecular flexibility index (Phi) is 19.4. The van der Waals surface area contributed by atoms with Crippen molar-refractivity contribution in [2.75, 3.05) is 66.1 Å². The SMILES string of the molecule is Cc1ccc(NS(C)(=O)=O)c(C(=O)N2CCCCC2c2cc3nc(Cl)c(C)cn3n2)c1.Cc1ccc(NS(C)(=O)=O)c(C(=O)N2CCCCC2c2cc3nc(N4C[C@@H](O)[C@H](C#N)C4)c(C)cn3n2)c1.N#C[C@@H]1CNC[C@@H]1O.O=CO. The molecular weight excluding hydrogens is 1090 g/mol. The number of carbonyl (C=O) groups is 3. The van der Waals surface area contributed by atoms with Crippen molar-refractivity contribution in [2.45, 2.75) is 90.5 Å². The van der Waals surface area contributed by atoms with Crippen LogP contribution in [-0.4, -0.2) is 153 Å². The summed E-state index contributed by atoms with van der Waals surface area (Å²) < 4.78 is 55.8. The van der Waals surface area contributed by atoms with Crippen LogP contribution in [-0.2, 0) is 24.8 Å². The highest BCUT2D eigenvalue weighted by Crippen LogP contribution is 2.36. The summed E-state index contributed by atoms with van der Waals surface area (Å²) in [5, 5.41) is 56.3. The molecule has 4 aliphatic rings. The third-order valence-electron chi connectivity index (χ3n) is 13.9. The summed E-state index contributed by atoms with van der Waals surface area (Å²) in [6, 6.07) is 17.6. The quantitative estimate of drug-likeness (QED) is 0.0825. The number of nitrogens with zero attached hydrogens (tertiary/aromatic N) is 11. The van der Waals surface area contributed by atoms with Crippen molar-refractivity contribution >= 4 is 78.4 Å². The van der Waals surface area contributed by atoms with Gasteiger partial charge in [0.2, 0.25) is 20.0 Å². The van der Waals surface area contributed by atoms with Crippen LogP contribution in [0.15, 0.2) is 60.9 Å². The highest BCUT2D eigenvalue weighted by molar-refractivity contribution is 7.92. The molecule has 4 aliphatic heterocycles. The first kappa shape index (κ1) is 60.2. The van der Waals surface area contributed by atoms with E-state index in [0.717, 1.165) is 79.0 Å². The monoisotopic (exact) mass is 1160 g/mol. The van der Waals surface area contributed by atoms with Crippen LogP contribution in [0.2, 0.25) is 5.15 Å². The molecule has 4 aromatic heterocycles. The van der Waals surface area contributed by atoms with Gasteiger partial charge in [-0.15, -0.1) is 0 Å². The zero-order chi connectivity index (χ0) is 58.2. The van der Waals surface area contributed by atoms with E-state index >= 15 is 0 Å². The molecule has 2 unspecified atom stereocenters. The zero-order valence-electron chi connectivity index (χ0n) is 45.1. The lowest BCUT2D eigenvalue weighted by molar-refractivity contribution is -0.122. The van der Waals surface area contributed by atoms with Crippen LogP contribution >= 0.6 is 11.6 Å². The highest BCUT2D eigenvalue weighted by Gasteiger charge is 2.36. The first-order valence-electron chi connectivity index (χ1n) is 25.8. The topological polar surface area (TPSA) is 334 Å². The van der Waals surface area contributed by atoms with Gasteiger partial charge in [0.1, 0.15) is 11.0 Å². The Morgan fingerprint density at radius 2 is 1.18 bits per heavy atom. The fraction of sp³-hybridized carbons (Fsp3) is 0.453. The normalized spacial score (nSPS) is 21.0. The van der Waals surface area contributed by atoms with Crippen LogP contribution in [0.3, 0.4) is 0 Å². The first-order chi connectivity index (χ1) is 37.9. The summed E-state index contributed by atoms with van der Waals surface area (Å²) in [7, 11) is -7.09. The number of rotatable bonds is 9. The summed E-state index contributed by atoms with van der Waals surface area (Å²) in [6.45, 7) is 10.3. The number of benzene rings is 2. The molecular formula is C53H65ClN14O10S2. The number of aryl methyl sites for hydroxylation is 4. The van der Waals surface area contributed by atoms with Crippen LogP contribution in [0.25, 0.3) is 11.3 Å². The molecule has 80 heavy (non-hydrogen) atoms. The number of aliphatic hydroxyl groups excluding tert-OH is 2. The van der Waals surface area contributed by atoms with E-state index < -0.39 is 38.2 Å². The lowest BCUT2D eigenvalue weighted by Crippen LogP contribution is -2.39. The maximum Gasteiger partial charge on any atom is 0.290 e. The number of carbonyl (C=O) groups excluding carboxylic acids is 2. The second-order valence-corrected chi connectivity index (χ2v) is 24.2. The molecule has 24 nitrogen and oxygen atoms in total. The number of fused-ring (bicyclic) bond motifs is 2. The molecule has 6 N–H and O–H groups in total. The highest BCUT2D eigenvalue weighted by atomic mass is 35.5. The molecule has 8 heterocycles. The molecule has 4 fully saturated rings. The average molecular weight is 1160 g/mol. The number of nitriles is 2. The first-order valence-corrected chi connectivity index (χ1v) is 30.0. The number of hydrogen-bond donors (Lipinski definition) is 6. The van der Waals surface area contributed by atoms with E-state index in [1.807, 2.05) is 63.2 Å². The average Bonchev–Trinajstić information content (AvgIpc) is 4.35. The van der Waals surface area contributed by atoms with E-state index in [-0.39, 0.29) is 47.7 Å². The maximum absolute atomic E-state index is 13.8. The summed E-state index contributed by atoms with van der Waals surface area (Å²) in [5.41, 5.74) is 7.28. The number of β-amino-alcohol motifs (C(OH)–C–C–N with tert-alkyl or cyclic N) is 2. The third-order valence-corrected chi connectivity index (χ3v) is 15.5. The number of piperidine rings is 2. The van der Waals surface area contributed by atoms with Gasteiger partial charge in [0, 0.05) is 74.9 Å². The van der Waals surface area contributed by atoms with E-state index in [4.69, 9.17) is 42.0 Å². The van der Waals surface area contributed by atoms with Gasteiger partial charge in [0.05, 0.1) is 94.7 Å². The molecule has 0 saturated carbocycles. The van der Waals surface area contributed by atoms with Crippen LogP contribution in [0.5, 0.6) is 0 Å². The smallest absolute Gasteiger partial charge is 0.290 e. The number of anilines is 3.